The van der Waals surface area contributed by atoms with E-state index in [2.05, 4.69) is 20.1 Å². The molecule has 0 aliphatic heterocycles. The Balaban J connectivity index is 2.28. The summed E-state index contributed by atoms with van der Waals surface area (Å²) in [6.45, 7) is -0.136. The molecule has 3 rings (SSSR count). The molecule has 1 amide bonds. The zero-order valence-corrected chi connectivity index (χ0v) is 16.4. The lowest BCUT2D eigenvalue weighted by Gasteiger charge is -2.15. The number of aromatic amines is 1. The van der Waals surface area contributed by atoms with Crippen molar-refractivity contribution in [3.05, 3.63) is 23.9 Å². The van der Waals surface area contributed by atoms with Crippen LogP contribution in [-0.2, 0) is 9.53 Å². The summed E-state index contributed by atoms with van der Waals surface area (Å²) < 4.78 is 22.5. The number of primary amides is 1. The number of esters is 1. The van der Waals surface area contributed by atoms with Crippen molar-refractivity contribution in [1.29, 1.82) is 0 Å². The van der Waals surface area contributed by atoms with Crippen molar-refractivity contribution < 1.29 is 28.5 Å². The second-order valence-corrected chi connectivity index (χ2v) is 5.86. The molecule has 2 heterocycles. The van der Waals surface area contributed by atoms with Crippen LogP contribution < -0.4 is 25.3 Å². The van der Waals surface area contributed by atoms with Crippen LogP contribution in [0.4, 0.5) is 5.82 Å². The first-order valence-electron chi connectivity index (χ1n) is 8.45. The van der Waals surface area contributed by atoms with Gasteiger partial charge in [-0.05, 0) is 0 Å². The van der Waals surface area contributed by atoms with E-state index in [4.69, 9.17) is 19.9 Å². The fourth-order valence-corrected chi connectivity index (χ4v) is 2.91. The molecular weight excluding hydrogens is 382 g/mol. The van der Waals surface area contributed by atoms with Gasteiger partial charge in [-0.3, -0.25) is 14.7 Å². The Hall–Kier alpha value is -3.89. The number of nitrogens with zero attached hydrogens (tertiary/aromatic N) is 2. The molecule has 0 radical (unpaired) electrons. The number of benzene rings is 1. The summed E-state index contributed by atoms with van der Waals surface area (Å²) in [5.41, 5.74) is 6.78. The van der Waals surface area contributed by atoms with E-state index >= 15 is 0 Å². The van der Waals surface area contributed by atoms with Crippen LogP contribution in [0.25, 0.3) is 16.9 Å². The van der Waals surface area contributed by atoms with Crippen LogP contribution in [-0.4, -0.2) is 61.5 Å². The van der Waals surface area contributed by atoms with Gasteiger partial charge in [-0.2, -0.15) is 0 Å². The van der Waals surface area contributed by atoms with Crippen molar-refractivity contribution in [3.8, 4) is 28.5 Å². The number of ether oxygens (including phenoxy) is 4. The van der Waals surface area contributed by atoms with E-state index < -0.39 is 11.9 Å². The molecule has 3 aromatic rings. The molecule has 29 heavy (non-hydrogen) atoms. The summed E-state index contributed by atoms with van der Waals surface area (Å²) in [7, 11) is 5.80. The van der Waals surface area contributed by atoms with Crippen molar-refractivity contribution in [2.75, 3.05) is 40.3 Å². The molecule has 0 unspecified atom stereocenters. The number of nitrogens with two attached hydrogens (primary N) is 1. The van der Waals surface area contributed by atoms with Crippen molar-refractivity contribution >= 4 is 23.3 Å². The summed E-state index contributed by atoms with van der Waals surface area (Å²) in [6, 6.07) is 3.34. The second-order valence-electron chi connectivity index (χ2n) is 5.86. The third kappa shape index (κ3) is 3.49. The van der Waals surface area contributed by atoms with Gasteiger partial charge in [0.25, 0.3) is 5.91 Å². The lowest BCUT2D eigenvalue weighted by molar-refractivity contribution is -0.138. The molecule has 0 fully saturated rings. The van der Waals surface area contributed by atoms with Crippen molar-refractivity contribution in [3.63, 3.8) is 0 Å². The maximum absolute atomic E-state index is 11.8. The standard InChI is InChI=1S/C18H21N5O6/c1-26-9-5-11(27-2)14(12(6-9)28-3)15-18(20-8-13(24)29-4)23-17(22-15)10(7-21-23)16(19)25/h5-7,20-21H,8H2,1-4H3,(H2,19,25). The van der Waals surface area contributed by atoms with Crippen LogP contribution >= 0.6 is 0 Å². The lowest BCUT2D eigenvalue weighted by atomic mass is 10.1. The number of nitrogens with one attached hydrogen (secondary N) is 2. The molecule has 11 heteroatoms. The van der Waals surface area contributed by atoms with Crippen LogP contribution in [0.5, 0.6) is 17.2 Å². The highest BCUT2D eigenvalue weighted by Gasteiger charge is 2.26. The van der Waals surface area contributed by atoms with Crippen LogP contribution in [0, 0.1) is 0 Å². The van der Waals surface area contributed by atoms with Gasteiger partial charge in [0.15, 0.2) is 11.5 Å². The Kier molecular flexibility index (Phi) is 5.48. The number of rotatable bonds is 8. The number of carbonyl (C=O) groups excluding carboxylic acids is 2. The van der Waals surface area contributed by atoms with Gasteiger partial charge in [-0.25, -0.2) is 9.50 Å². The summed E-state index contributed by atoms with van der Waals surface area (Å²) in [6.07, 6.45) is 1.43. The predicted octanol–water partition coefficient (Wildman–Crippen LogP) is 1.04. The van der Waals surface area contributed by atoms with Crippen molar-refractivity contribution in [1.82, 2.24) is 14.6 Å². The Labute approximate surface area is 165 Å². The average Bonchev–Trinajstić information content (AvgIpc) is 3.29. The first kappa shape index (κ1) is 19.9. The normalized spacial score (nSPS) is 10.6. The number of hydrogen-bond acceptors (Lipinski definition) is 8. The van der Waals surface area contributed by atoms with Gasteiger partial charge in [-0.15, -0.1) is 0 Å². The summed E-state index contributed by atoms with van der Waals surface area (Å²) >= 11 is 0. The van der Waals surface area contributed by atoms with Crippen LogP contribution in [0.3, 0.4) is 0 Å². The summed E-state index contributed by atoms with van der Waals surface area (Å²) in [5, 5.41) is 5.87. The summed E-state index contributed by atoms with van der Waals surface area (Å²) in [4.78, 5) is 28.0. The quantitative estimate of drug-likeness (QED) is 0.474. The van der Waals surface area contributed by atoms with E-state index in [1.807, 2.05) is 0 Å². The molecule has 0 spiro atoms. The molecule has 0 aliphatic rings. The smallest absolute Gasteiger partial charge is 0.325 e. The largest absolute Gasteiger partial charge is 0.496 e. The number of methoxy groups -OCH3 is 4. The molecule has 4 N–H and O–H groups in total. The number of amides is 1. The molecule has 0 aliphatic carbocycles. The topological polar surface area (TPSA) is 142 Å². The Morgan fingerprint density at radius 3 is 2.31 bits per heavy atom. The molecule has 11 nitrogen and oxygen atoms in total. The predicted molar refractivity (Wildman–Crippen MR) is 104 cm³/mol. The maximum atomic E-state index is 11.8. The average molecular weight is 403 g/mol. The van der Waals surface area contributed by atoms with Gasteiger partial charge in [0, 0.05) is 18.3 Å². The number of aromatic nitrogens is 3. The third-order valence-electron chi connectivity index (χ3n) is 4.30. The Morgan fingerprint density at radius 2 is 1.79 bits per heavy atom. The van der Waals surface area contributed by atoms with Gasteiger partial charge in [-0.1, -0.05) is 0 Å². The van der Waals surface area contributed by atoms with E-state index in [9.17, 15) is 9.59 Å². The molecule has 0 saturated heterocycles. The van der Waals surface area contributed by atoms with E-state index in [1.54, 1.807) is 12.1 Å². The first-order chi connectivity index (χ1) is 13.9. The molecular formula is C18H21N5O6. The first-order valence-corrected chi connectivity index (χ1v) is 8.45. The van der Waals surface area contributed by atoms with Crippen molar-refractivity contribution in [2.45, 2.75) is 0 Å². The molecule has 0 atom stereocenters. The summed E-state index contributed by atoms with van der Waals surface area (Å²) in [5.74, 6) is 0.614. The number of carbonyl (C=O) groups is 2. The highest BCUT2D eigenvalue weighted by molar-refractivity contribution is 6.00. The number of hydrogen-bond donors (Lipinski definition) is 3. The fraction of sp³-hybridized carbons (Fsp3) is 0.278. The van der Waals surface area contributed by atoms with Crippen LogP contribution in [0.15, 0.2) is 18.3 Å². The van der Waals surface area contributed by atoms with Crippen LogP contribution in [0.2, 0.25) is 0 Å². The number of fused-ring (bicyclic) bond motifs is 1. The van der Waals surface area contributed by atoms with E-state index in [0.29, 0.717) is 34.3 Å². The Bertz CT molecular complexity index is 1050. The maximum Gasteiger partial charge on any atom is 0.325 e. The highest BCUT2D eigenvalue weighted by atomic mass is 16.5. The molecule has 154 valence electrons. The second kappa shape index (κ2) is 8.00. The molecule has 0 saturated carbocycles. The van der Waals surface area contributed by atoms with Crippen molar-refractivity contribution in [2.24, 2.45) is 5.73 Å². The molecule has 0 bridgehead atoms. The zero-order chi connectivity index (χ0) is 21.1. The van der Waals surface area contributed by atoms with Gasteiger partial charge in [0.2, 0.25) is 0 Å². The monoisotopic (exact) mass is 403 g/mol. The van der Waals surface area contributed by atoms with E-state index in [1.165, 1.54) is 39.2 Å². The molecule has 2 aromatic heterocycles. The van der Waals surface area contributed by atoms with Gasteiger partial charge in [0.1, 0.15) is 35.1 Å². The SMILES string of the molecule is COC(=O)CNc1c(-c2c(OC)cc(OC)cc2OC)nc2c(C(N)=O)c[nH]n12. The highest BCUT2D eigenvalue weighted by Crippen LogP contribution is 2.44. The van der Waals surface area contributed by atoms with E-state index in [0.717, 1.165) is 0 Å². The van der Waals surface area contributed by atoms with Gasteiger partial charge >= 0.3 is 5.97 Å². The zero-order valence-electron chi connectivity index (χ0n) is 16.4. The minimum absolute atomic E-state index is 0.136. The molecule has 1 aromatic carbocycles. The Morgan fingerprint density at radius 1 is 1.14 bits per heavy atom. The number of imidazole rings is 1. The van der Waals surface area contributed by atoms with Gasteiger partial charge < -0.3 is 30.0 Å². The van der Waals surface area contributed by atoms with Crippen LogP contribution in [0.1, 0.15) is 10.4 Å². The minimum Gasteiger partial charge on any atom is -0.496 e. The third-order valence-corrected chi connectivity index (χ3v) is 4.30. The minimum atomic E-state index is -0.652. The van der Waals surface area contributed by atoms with E-state index in [-0.39, 0.29) is 17.8 Å². The van der Waals surface area contributed by atoms with Gasteiger partial charge in [0.05, 0.1) is 34.0 Å². The number of H-pyrrole nitrogens is 1. The number of anilines is 1. The lowest BCUT2D eigenvalue weighted by Crippen LogP contribution is -2.16. The fourth-order valence-electron chi connectivity index (χ4n) is 2.91.